The van der Waals surface area contributed by atoms with Gasteiger partial charge in [0.05, 0.1) is 18.8 Å². The Labute approximate surface area is 124 Å². The molecule has 22 heavy (non-hydrogen) atoms. The maximum absolute atomic E-state index is 13.0. The van der Waals surface area contributed by atoms with E-state index >= 15 is 0 Å². The predicted molar refractivity (Wildman–Crippen MR) is 72.0 cm³/mol. The Morgan fingerprint density at radius 2 is 2.09 bits per heavy atom. The zero-order valence-corrected chi connectivity index (χ0v) is 11.7. The van der Waals surface area contributed by atoms with Crippen molar-refractivity contribution in [2.45, 2.75) is 26.2 Å². The molecule has 8 heteroatoms. The highest BCUT2D eigenvalue weighted by atomic mass is 19.1. The second-order valence-corrected chi connectivity index (χ2v) is 5.06. The maximum Gasteiger partial charge on any atom is 0.280 e. The molecule has 0 N–H and O–H groups in total. The van der Waals surface area contributed by atoms with Crippen LogP contribution in [0.15, 0.2) is 28.8 Å². The summed E-state index contributed by atoms with van der Waals surface area (Å²) in [6.07, 6.45) is -0.188. The minimum atomic E-state index is -0.268. The molecule has 7 nitrogen and oxygen atoms in total. The number of benzene rings is 1. The summed E-state index contributed by atoms with van der Waals surface area (Å²) < 4.78 is 25.7. The van der Waals surface area contributed by atoms with Crippen LogP contribution in [0.4, 0.5) is 4.39 Å². The van der Waals surface area contributed by atoms with E-state index in [1.165, 1.54) is 12.1 Å². The van der Waals surface area contributed by atoms with Crippen LogP contribution in [0, 0.1) is 12.7 Å². The molecular formula is C14H12FN5O2. The van der Waals surface area contributed by atoms with E-state index in [2.05, 4.69) is 20.5 Å². The fraction of sp³-hybridized carbons (Fsp3) is 0.286. The molecular weight excluding hydrogens is 289 g/mol. The summed E-state index contributed by atoms with van der Waals surface area (Å²) >= 11 is 0. The Balaban J connectivity index is 1.62. The van der Waals surface area contributed by atoms with Gasteiger partial charge >= 0.3 is 0 Å². The van der Waals surface area contributed by atoms with Crippen molar-refractivity contribution in [2.75, 3.05) is 0 Å². The van der Waals surface area contributed by atoms with Crippen LogP contribution >= 0.6 is 0 Å². The largest absolute Gasteiger partial charge is 0.365 e. The number of aromatic nitrogens is 5. The van der Waals surface area contributed by atoms with Gasteiger partial charge in [0, 0.05) is 0 Å². The van der Waals surface area contributed by atoms with Crippen LogP contribution in [0.5, 0.6) is 0 Å². The Hall–Kier alpha value is -2.61. The first-order valence-electron chi connectivity index (χ1n) is 6.81. The SMILES string of the molecule is Cc1noc(-c2nnn3c2CO[C@H](c2ccc(F)cc2)C3)n1. The molecule has 0 fully saturated rings. The van der Waals surface area contributed by atoms with Crippen LogP contribution in [-0.2, 0) is 17.9 Å². The van der Waals surface area contributed by atoms with E-state index < -0.39 is 0 Å². The zero-order chi connectivity index (χ0) is 15.1. The van der Waals surface area contributed by atoms with Crippen LogP contribution < -0.4 is 0 Å². The second-order valence-electron chi connectivity index (χ2n) is 5.06. The van der Waals surface area contributed by atoms with Gasteiger partial charge in [0.25, 0.3) is 5.89 Å². The van der Waals surface area contributed by atoms with Crippen LogP contribution in [0.3, 0.4) is 0 Å². The smallest absolute Gasteiger partial charge is 0.280 e. The Bertz CT molecular complexity index is 811. The number of hydrogen-bond acceptors (Lipinski definition) is 6. The minimum absolute atomic E-state index is 0.188. The van der Waals surface area contributed by atoms with E-state index in [1.54, 1.807) is 23.7 Å². The molecule has 0 spiro atoms. The fourth-order valence-electron chi connectivity index (χ4n) is 2.45. The third kappa shape index (κ3) is 2.17. The van der Waals surface area contributed by atoms with Crippen molar-refractivity contribution in [3.05, 3.63) is 47.2 Å². The van der Waals surface area contributed by atoms with Crippen molar-refractivity contribution in [3.63, 3.8) is 0 Å². The molecule has 0 unspecified atom stereocenters. The first-order chi connectivity index (χ1) is 10.7. The van der Waals surface area contributed by atoms with Gasteiger partial charge in [-0.2, -0.15) is 4.98 Å². The molecule has 3 aromatic rings. The average Bonchev–Trinajstić information content (AvgIpc) is 3.13. The number of ether oxygens (including phenoxy) is 1. The number of aryl methyl sites for hydroxylation is 1. The molecule has 3 heterocycles. The molecule has 0 bridgehead atoms. The van der Waals surface area contributed by atoms with E-state index in [-0.39, 0.29) is 11.9 Å². The molecule has 0 saturated heterocycles. The molecule has 1 aromatic carbocycles. The number of nitrogens with zero attached hydrogens (tertiary/aromatic N) is 5. The number of hydrogen-bond donors (Lipinski definition) is 0. The van der Waals surface area contributed by atoms with Gasteiger partial charge in [-0.1, -0.05) is 22.5 Å². The number of fused-ring (bicyclic) bond motifs is 1. The van der Waals surface area contributed by atoms with E-state index in [9.17, 15) is 4.39 Å². The maximum atomic E-state index is 13.0. The van der Waals surface area contributed by atoms with E-state index in [1.807, 2.05) is 0 Å². The zero-order valence-electron chi connectivity index (χ0n) is 11.7. The van der Waals surface area contributed by atoms with Crippen molar-refractivity contribution in [3.8, 4) is 11.6 Å². The van der Waals surface area contributed by atoms with Crippen molar-refractivity contribution >= 4 is 0 Å². The van der Waals surface area contributed by atoms with Gasteiger partial charge in [-0.3, -0.25) is 0 Å². The lowest BCUT2D eigenvalue weighted by molar-refractivity contribution is -0.00120. The highest BCUT2D eigenvalue weighted by Gasteiger charge is 2.27. The van der Waals surface area contributed by atoms with Crippen LogP contribution in [0.25, 0.3) is 11.6 Å². The molecule has 0 amide bonds. The van der Waals surface area contributed by atoms with Gasteiger partial charge in [0.2, 0.25) is 0 Å². The molecule has 1 atom stereocenters. The first-order valence-corrected chi connectivity index (χ1v) is 6.81. The molecule has 112 valence electrons. The average molecular weight is 301 g/mol. The summed E-state index contributed by atoms with van der Waals surface area (Å²) in [5, 5.41) is 12.0. The Morgan fingerprint density at radius 1 is 1.27 bits per heavy atom. The van der Waals surface area contributed by atoms with Crippen LogP contribution in [0.2, 0.25) is 0 Å². The van der Waals surface area contributed by atoms with Gasteiger partial charge in [-0.15, -0.1) is 5.10 Å². The normalized spacial score (nSPS) is 17.5. The monoisotopic (exact) mass is 301 g/mol. The lowest BCUT2D eigenvalue weighted by atomic mass is 10.1. The van der Waals surface area contributed by atoms with Crippen molar-refractivity contribution in [1.82, 2.24) is 25.1 Å². The summed E-state index contributed by atoms with van der Waals surface area (Å²) in [4.78, 5) is 4.16. The lowest BCUT2D eigenvalue weighted by Gasteiger charge is -2.24. The van der Waals surface area contributed by atoms with Gasteiger partial charge in [-0.25, -0.2) is 9.07 Å². The van der Waals surface area contributed by atoms with Gasteiger partial charge in [0.1, 0.15) is 11.9 Å². The topological polar surface area (TPSA) is 78.9 Å². The first kappa shape index (κ1) is 13.1. The van der Waals surface area contributed by atoms with Crippen molar-refractivity contribution in [2.24, 2.45) is 0 Å². The van der Waals surface area contributed by atoms with Crippen molar-refractivity contribution < 1.29 is 13.7 Å². The third-order valence-electron chi connectivity index (χ3n) is 3.57. The summed E-state index contributed by atoms with van der Waals surface area (Å²) in [6, 6.07) is 6.26. The Kier molecular flexibility index (Phi) is 2.97. The molecule has 0 aliphatic carbocycles. The predicted octanol–water partition coefficient (Wildman–Crippen LogP) is 2.05. The molecule has 1 aliphatic heterocycles. The summed E-state index contributed by atoms with van der Waals surface area (Å²) in [5.41, 5.74) is 2.23. The van der Waals surface area contributed by atoms with Gasteiger partial charge < -0.3 is 9.26 Å². The summed E-state index contributed by atoms with van der Waals surface area (Å²) in [5.74, 6) is 0.607. The summed E-state index contributed by atoms with van der Waals surface area (Å²) in [6.45, 7) is 2.57. The van der Waals surface area contributed by atoms with E-state index in [4.69, 9.17) is 9.26 Å². The quantitative estimate of drug-likeness (QED) is 0.721. The van der Waals surface area contributed by atoms with Crippen molar-refractivity contribution in [1.29, 1.82) is 0 Å². The Morgan fingerprint density at radius 3 is 2.82 bits per heavy atom. The molecule has 2 aromatic heterocycles. The lowest BCUT2D eigenvalue weighted by Crippen LogP contribution is -2.22. The highest BCUT2D eigenvalue weighted by Crippen LogP contribution is 2.30. The number of halogens is 1. The third-order valence-corrected chi connectivity index (χ3v) is 3.57. The second kappa shape index (κ2) is 4.99. The van der Waals surface area contributed by atoms with Gasteiger partial charge in [0.15, 0.2) is 11.5 Å². The minimum Gasteiger partial charge on any atom is -0.365 e. The molecule has 0 saturated carbocycles. The standard InChI is InChI=1S/C14H12FN5O2/c1-8-16-14(22-18-8)13-11-7-21-12(6-20(11)19-17-13)9-2-4-10(15)5-3-9/h2-5,12H,6-7H2,1H3/t12-/m0/s1. The fourth-order valence-corrected chi connectivity index (χ4v) is 2.45. The molecule has 0 radical (unpaired) electrons. The molecule has 4 rings (SSSR count). The van der Waals surface area contributed by atoms with E-state index in [0.717, 1.165) is 11.3 Å². The van der Waals surface area contributed by atoms with Gasteiger partial charge in [-0.05, 0) is 24.6 Å². The number of rotatable bonds is 2. The van der Waals surface area contributed by atoms with Crippen LogP contribution in [0.1, 0.15) is 23.2 Å². The highest BCUT2D eigenvalue weighted by molar-refractivity contribution is 5.49. The van der Waals surface area contributed by atoms with E-state index in [0.29, 0.717) is 30.6 Å². The summed E-state index contributed by atoms with van der Waals surface area (Å²) in [7, 11) is 0. The molecule has 1 aliphatic rings. The van der Waals surface area contributed by atoms with Crippen LogP contribution in [-0.4, -0.2) is 25.1 Å².